The van der Waals surface area contributed by atoms with Crippen LogP contribution in [0.2, 0.25) is 0 Å². The third-order valence-electron chi connectivity index (χ3n) is 2.02. The Labute approximate surface area is 90.6 Å². The molecular weight excluding hydrogens is 215 g/mol. The molecule has 0 bridgehead atoms. The Kier molecular flexibility index (Phi) is 8.77. The molecule has 1 rings (SSSR count). The van der Waals surface area contributed by atoms with Gasteiger partial charge in [0.25, 0.3) is 0 Å². The standard InChI is InChI=1S/C7H14N2O2.2ClH/c1-11-7(10)6-2-4-9(6)5-3-8;;/h6H,2-5,8H2,1H3;2*1H. The van der Waals surface area contributed by atoms with Crippen LogP contribution in [-0.4, -0.2) is 43.7 Å². The average molecular weight is 231 g/mol. The molecule has 1 aliphatic heterocycles. The first kappa shape index (κ1) is 15.4. The third-order valence-corrected chi connectivity index (χ3v) is 2.02. The van der Waals surface area contributed by atoms with Crippen LogP contribution in [0.15, 0.2) is 0 Å². The number of likely N-dealkylation sites (tertiary alicyclic amines) is 1. The third kappa shape index (κ3) is 3.68. The average Bonchev–Trinajstić information content (AvgIpc) is 1.98. The summed E-state index contributed by atoms with van der Waals surface area (Å²) in [5.41, 5.74) is 5.35. The molecule has 1 heterocycles. The summed E-state index contributed by atoms with van der Waals surface area (Å²) in [5.74, 6) is -0.135. The van der Waals surface area contributed by atoms with Crippen LogP contribution in [0.3, 0.4) is 0 Å². The van der Waals surface area contributed by atoms with E-state index in [1.54, 1.807) is 0 Å². The number of nitrogens with two attached hydrogens (primary N) is 1. The van der Waals surface area contributed by atoms with Crippen molar-refractivity contribution in [2.75, 3.05) is 26.7 Å². The lowest BCUT2D eigenvalue weighted by molar-refractivity contribution is -0.151. The van der Waals surface area contributed by atoms with E-state index in [9.17, 15) is 4.79 Å². The highest BCUT2D eigenvalue weighted by Gasteiger charge is 2.33. The van der Waals surface area contributed by atoms with E-state index in [2.05, 4.69) is 4.74 Å². The Balaban J connectivity index is 0. The van der Waals surface area contributed by atoms with E-state index in [0.717, 1.165) is 19.5 Å². The van der Waals surface area contributed by atoms with Crippen LogP contribution in [0, 0.1) is 0 Å². The molecule has 0 spiro atoms. The number of ether oxygens (including phenoxy) is 1. The maximum atomic E-state index is 11.0. The highest BCUT2D eigenvalue weighted by molar-refractivity contribution is 5.85. The quantitative estimate of drug-likeness (QED) is 0.696. The van der Waals surface area contributed by atoms with Crippen LogP contribution >= 0.6 is 24.8 Å². The van der Waals surface area contributed by atoms with Crippen molar-refractivity contribution in [3.05, 3.63) is 0 Å². The molecule has 13 heavy (non-hydrogen) atoms. The second-order valence-electron chi connectivity index (χ2n) is 2.65. The summed E-state index contributed by atoms with van der Waals surface area (Å²) in [5, 5.41) is 0. The van der Waals surface area contributed by atoms with Gasteiger partial charge in [-0.25, -0.2) is 0 Å². The fourth-order valence-corrected chi connectivity index (χ4v) is 1.28. The zero-order chi connectivity index (χ0) is 8.27. The van der Waals surface area contributed by atoms with Gasteiger partial charge in [-0.2, -0.15) is 0 Å². The van der Waals surface area contributed by atoms with Gasteiger partial charge in [0.05, 0.1) is 7.11 Å². The van der Waals surface area contributed by atoms with E-state index in [4.69, 9.17) is 5.73 Å². The summed E-state index contributed by atoms with van der Waals surface area (Å²) < 4.78 is 4.61. The minimum absolute atomic E-state index is 0. The first-order chi connectivity index (χ1) is 5.29. The van der Waals surface area contributed by atoms with Crippen molar-refractivity contribution < 1.29 is 9.53 Å². The Hall–Kier alpha value is -0.0300. The van der Waals surface area contributed by atoms with Crippen LogP contribution in [0.1, 0.15) is 6.42 Å². The van der Waals surface area contributed by atoms with Gasteiger partial charge in [-0.3, -0.25) is 9.69 Å². The molecule has 6 heteroatoms. The van der Waals surface area contributed by atoms with E-state index in [1.165, 1.54) is 7.11 Å². The number of halogens is 2. The van der Waals surface area contributed by atoms with Crippen molar-refractivity contribution in [1.29, 1.82) is 0 Å². The summed E-state index contributed by atoms with van der Waals surface area (Å²) >= 11 is 0. The number of rotatable bonds is 3. The predicted molar refractivity (Wildman–Crippen MR) is 55.5 cm³/mol. The van der Waals surface area contributed by atoms with Crippen LogP contribution in [0.5, 0.6) is 0 Å². The molecule has 4 nitrogen and oxygen atoms in total. The zero-order valence-electron chi connectivity index (χ0n) is 7.56. The van der Waals surface area contributed by atoms with Crippen molar-refractivity contribution in [1.82, 2.24) is 4.90 Å². The molecule has 1 fully saturated rings. The summed E-state index contributed by atoms with van der Waals surface area (Å²) in [7, 11) is 1.42. The molecule has 1 aliphatic rings. The zero-order valence-corrected chi connectivity index (χ0v) is 9.20. The summed E-state index contributed by atoms with van der Waals surface area (Å²) in [6.07, 6.45) is 0.909. The number of methoxy groups -OCH3 is 1. The van der Waals surface area contributed by atoms with Gasteiger partial charge in [0, 0.05) is 19.6 Å². The predicted octanol–water partition coefficient (Wildman–Crippen LogP) is 0.0360. The van der Waals surface area contributed by atoms with E-state index in [0.29, 0.717) is 6.54 Å². The lowest BCUT2D eigenvalue weighted by atomic mass is 10.0. The van der Waals surface area contributed by atoms with Crippen molar-refractivity contribution in [3.63, 3.8) is 0 Å². The lowest BCUT2D eigenvalue weighted by Gasteiger charge is -2.38. The minimum Gasteiger partial charge on any atom is -0.468 e. The smallest absolute Gasteiger partial charge is 0.323 e. The molecule has 1 unspecified atom stereocenters. The Bertz CT molecular complexity index is 157. The number of carbonyl (C=O) groups is 1. The molecule has 2 N–H and O–H groups in total. The van der Waals surface area contributed by atoms with Gasteiger partial charge in [0.2, 0.25) is 0 Å². The van der Waals surface area contributed by atoms with Crippen molar-refractivity contribution >= 4 is 30.8 Å². The summed E-state index contributed by atoms with van der Waals surface area (Å²) in [6, 6.07) is -0.0245. The van der Waals surface area contributed by atoms with Gasteiger partial charge in [-0.05, 0) is 6.42 Å². The van der Waals surface area contributed by atoms with Crippen molar-refractivity contribution in [2.24, 2.45) is 5.73 Å². The summed E-state index contributed by atoms with van der Waals surface area (Å²) in [4.78, 5) is 13.0. The van der Waals surface area contributed by atoms with Gasteiger partial charge in [0.15, 0.2) is 0 Å². The molecule has 80 valence electrons. The Morgan fingerprint density at radius 2 is 2.23 bits per heavy atom. The molecular formula is C7H16Cl2N2O2. The number of hydrogen-bond donors (Lipinski definition) is 1. The van der Waals surface area contributed by atoms with Gasteiger partial charge in [-0.1, -0.05) is 0 Å². The first-order valence-corrected chi connectivity index (χ1v) is 3.81. The van der Waals surface area contributed by atoms with Gasteiger partial charge in [0.1, 0.15) is 6.04 Å². The summed E-state index contributed by atoms with van der Waals surface area (Å²) in [6.45, 7) is 2.37. The molecule has 1 saturated heterocycles. The first-order valence-electron chi connectivity index (χ1n) is 3.81. The van der Waals surface area contributed by atoms with E-state index in [1.807, 2.05) is 4.90 Å². The van der Waals surface area contributed by atoms with Crippen molar-refractivity contribution in [3.8, 4) is 0 Å². The molecule has 0 aromatic rings. The molecule has 1 atom stereocenters. The normalized spacial score (nSPS) is 20.6. The highest BCUT2D eigenvalue weighted by atomic mass is 35.5. The molecule has 0 saturated carbocycles. The minimum atomic E-state index is -0.135. The highest BCUT2D eigenvalue weighted by Crippen LogP contribution is 2.16. The largest absolute Gasteiger partial charge is 0.468 e. The Morgan fingerprint density at radius 1 is 1.62 bits per heavy atom. The van der Waals surface area contributed by atoms with Crippen LogP contribution in [-0.2, 0) is 9.53 Å². The fraction of sp³-hybridized carbons (Fsp3) is 0.857. The van der Waals surface area contributed by atoms with Gasteiger partial charge in [-0.15, -0.1) is 24.8 Å². The van der Waals surface area contributed by atoms with Crippen LogP contribution in [0.25, 0.3) is 0 Å². The van der Waals surface area contributed by atoms with Gasteiger partial charge >= 0.3 is 5.97 Å². The maximum absolute atomic E-state index is 11.0. The van der Waals surface area contributed by atoms with Crippen molar-refractivity contribution in [2.45, 2.75) is 12.5 Å². The monoisotopic (exact) mass is 230 g/mol. The van der Waals surface area contributed by atoms with Crippen LogP contribution < -0.4 is 5.73 Å². The van der Waals surface area contributed by atoms with Gasteiger partial charge < -0.3 is 10.5 Å². The number of nitrogens with zero attached hydrogens (tertiary/aromatic N) is 1. The lowest BCUT2D eigenvalue weighted by Crippen LogP contribution is -2.54. The van der Waals surface area contributed by atoms with E-state index < -0.39 is 0 Å². The molecule has 0 aromatic heterocycles. The number of esters is 1. The number of hydrogen-bond acceptors (Lipinski definition) is 4. The van der Waals surface area contributed by atoms with E-state index >= 15 is 0 Å². The maximum Gasteiger partial charge on any atom is 0.323 e. The molecule has 0 amide bonds. The molecule has 0 aliphatic carbocycles. The van der Waals surface area contributed by atoms with E-state index in [-0.39, 0.29) is 36.8 Å². The Morgan fingerprint density at radius 3 is 2.54 bits per heavy atom. The fourth-order valence-electron chi connectivity index (χ4n) is 1.28. The molecule has 0 radical (unpaired) electrons. The molecule has 0 aromatic carbocycles. The topological polar surface area (TPSA) is 55.6 Å². The second kappa shape index (κ2) is 7.38. The SMILES string of the molecule is COC(=O)C1CCN1CCN.Cl.Cl. The second-order valence-corrected chi connectivity index (χ2v) is 2.65. The number of carbonyl (C=O) groups excluding carboxylic acids is 1. The van der Waals surface area contributed by atoms with Crippen LogP contribution in [0.4, 0.5) is 0 Å².